The summed E-state index contributed by atoms with van der Waals surface area (Å²) in [6.45, 7) is 1.99. The predicted octanol–water partition coefficient (Wildman–Crippen LogP) is 3.40. The molecule has 0 spiro atoms. The number of nitrogens with two attached hydrogens (primary N) is 1. The van der Waals surface area contributed by atoms with Gasteiger partial charge in [0.15, 0.2) is 6.54 Å². The molecule has 2 rings (SSSR count). The number of rotatable bonds is 6. The van der Waals surface area contributed by atoms with Gasteiger partial charge >= 0.3 is 0 Å². The Morgan fingerprint density at radius 3 is 2.71 bits per heavy atom. The van der Waals surface area contributed by atoms with Crippen LogP contribution in [0.3, 0.4) is 0 Å². The first-order valence-electron chi connectivity index (χ1n) is 7.33. The summed E-state index contributed by atoms with van der Waals surface area (Å²) in [5, 5.41) is 4.89. The molecular formula is C17H18Cl2FN2O2+. The van der Waals surface area contributed by atoms with Crippen molar-refractivity contribution >= 4 is 34.8 Å². The monoisotopic (exact) mass is 371 g/mol. The van der Waals surface area contributed by atoms with Crippen LogP contribution in [0.15, 0.2) is 36.4 Å². The highest BCUT2D eigenvalue weighted by molar-refractivity contribution is 6.35. The van der Waals surface area contributed by atoms with E-state index in [-0.39, 0.29) is 23.5 Å². The van der Waals surface area contributed by atoms with Crippen LogP contribution >= 0.6 is 23.2 Å². The lowest BCUT2D eigenvalue weighted by atomic mass is 10.1. The van der Waals surface area contributed by atoms with E-state index in [1.165, 1.54) is 19.2 Å². The van der Waals surface area contributed by atoms with Crippen LogP contribution in [0, 0.1) is 5.82 Å². The van der Waals surface area contributed by atoms with E-state index in [4.69, 9.17) is 27.9 Å². The Balaban J connectivity index is 1.97. The number of hydrogen-bond acceptors (Lipinski definition) is 2. The Labute approximate surface area is 149 Å². The highest BCUT2D eigenvalue weighted by Crippen LogP contribution is 2.27. The second-order valence-corrected chi connectivity index (χ2v) is 6.08. The van der Waals surface area contributed by atoms with Gasteiger partial charge in [-0.2, -0.15) is 0 Å². The van der Waals surface area contributed by atoms with Crippen LogP contribution in [0.25, 0.3) is 0 Å². The minimum atomic E-state index is -0.533. The second-order valence-electron chi connectivity index (χ2n) is 5.26. The second kappa shape index (κ2) is 8.33. The molecule has 0 aliphatic carbocycles. The van der Waals surface area contributed by atoms with Crippen molar-refractivity contribution < 1.29 is 19.2 Å². The molecule has 0 bridgehead atoms. The fourth-order valence-electron chi connectivity index (χ4n) is 2.25. The first kappa shape index (κ1) is 18.5. The van der Waals surface area contributed by atoms with Crippen LogP contribution in [0.4, 0.5) is 10.1 Å². The van der Waals surface area contributed by atoms with Gasteiger partial charge in [0.1, 0.15) is 17.6 Å². The highest BCUT2D eigenvalue weighted by atomic mass is 35.5. The summed E-state index contributed by atoms with van der Waals surface area (Å²) in [5.74, 6) is -0.145. The number of methoxy groups -OCH3 is 1. The van der Waals surface area contributed by atoms with Crippen molar-refractivity contribution in [2.24, 2.45) is 0 Å². The zero-order valence-corrected chi connectivity index (χ0v) is 14.8. The predicted molar refractivity (Wildman–Crippen MR) is 93.3 cm³/mol. The molecule has 0 saturated carbocycles. The molecule has 2 aromatic carbocycles. The van der Waals surface area contributed by atoms with Gasteiger partial charge in [0, 0.05) is 5.56 Å². The maximum Gasteiger partial charge on any atom is 0.279 e. The first-order valence-corrected chi connectivity index (χ1v) is 8.08. The van der Waals surface area contributed by atoms with Crippen molar-refractivity contribution in [3.63, 3.8) is 0 Å². The van der Waals surface area contributed by atoms with Crippen LogP contribution in [0.2, 0.25) is 10.0 Å². The lowest BCUT2D eigenvalue weighted by molar-refractivity contribution is -0.682. The molecule has 0 heterocycles. The molecule has 3 N–H and O–H groups in total. The Morgan fingerprint density at radius 2 is 2.00 bits per heavy atom. The molecule has 128 valence electrons. The Morgan fingerprint density at radius 1 is 1.29 bits per heavy atom. The van der Waals surface area contributed by atoms with E-state index < -0.39 is 5.82 Å². The van der Waals surface area contributed by atoms with Gasteiger partial charge in [-0.15, -0.1) is 0 Å². The zero-order valence-electron chi connectivity index (χ0n) is 13.3. The smallest absolute Gasteiger partial charge is 0.279 e. The Hall–Kier alpha value is -1.82. The number of hydrogen-bond donors (Lipinski definition) is 2. The molecule has 0 aliphatic rings. The van der Waals surface area contributed by atoms with Crippen LogP contribution in [-0.2, 0) is 4.79 Å². The van der Waals surface area contributed by atoms with Gasteiger partial charge < -0.3 is 15.4 Å². The number of carbonyl (C=O) groups is 1. The average Bonchev–Trinajstić information content (AvgIpc) is 2.56. The number of anilines is 1. The molecule has 0 radical (unpaired) electrons. The van der Waals surface area contributed by atoms with E-state index in [1.807, 2.05) is 13.0 Å². The van der Waals surface area contributed by atoms with E-state index >= 15 is 0 Å². The highest BCUT2D eigenvalue weighted by Gasteiger charge is 2.17. The third kappa shape index (κ3) is 4.60. The van der Waals surface area contributed by atoms with Crippen LogP contribution in [-0.4, -0.2) is 19.6 Å². The third-order valence-corrected chi connectivity index (χ3v) is 4.19. The van der Waals surface area contributed by atoms with Gasteiger partial charge in [0.05, 0.1) is 22.8 Å². The molecule has 4 nitrogen and oxygen atoms in total. The number of carbonyl (C=O) groups excluding carboxylic acids is 1. The van der Waals surface area contributed by atoms with Crippen molar-refractivity contribution in [3.8, 4) is 5.75 Å². The molecular weight excluding hydrogens is 354 g/mol. The van der Waals surface area contributed by atoms with E-state index in [2.05, 4.69) is 5.32 Å². The van der Waals surface area contributed by atoms with Gasteiger partial charge in [-0.05, 0) is 31.2 Å². The average molecular weight is 372 g/mol. The SMILES string of the molecule is COc1ccccc1NC(=O)C[NH2+][C@H](C)c1cc(F)c(Cl)cc1Cl. The molecule has 0 aromatic heterocycles. The zero-order chi connectivity index (χ0) is 17.7. The van der Waals surface area contributed by atoms with E-state index in [0.717, 1.165) is 0 Å². The van der Waals surface area contributed by atoms with Crippen LogP contribution < -0.4 is 15.4 Å². The molecule has 0 fully saturated rings. The van der Waals surface area contributed by atoms with Crippen molar-refractivity contribution in [3.05, 3.63) is 57.8 Å². The van der Waals surface area contributed by atoms with Gasteiger partial charge in [-0.25, -0.2) is 4.39 Å². The van der Waals surface area contributed by atoms with Crippen LogP contribution in [0.5, 0.6) is 5.75 Å². The van der Waals surface area contributed by atoms with Crippen molar-refractivity contribution in [2.45, 2.75) is 13.0 Å². The standard InChI is InChI=1S/C17H17Cl2FN2O2/c1-10(11-7-14(20)13(19)8-12(11)18)21-9-17(23)22-15-5-3-4-6-16(15)24-2/h3-8,10,21H,9H2,1-2H3,(H,22,23)/p+1/t10-/m1/s1. The van der Waals surface area contributed by atoms with Gasteiger partial charge in [0.2, 0.25) is 0 Å². The lowest BCUT2D eigenvalue weighted by Crippen LogP contribution is -2.86. The lowest BCUT2D eigenvalue weighted by Gasteiger charge is -2.14. The summed E-state index contributed by atoms with van der Waals surface area (Å²) < 4.78 is 18.8. The number of amides is 1. The molecule has 1 atom stereocenters. The number of ether oxygens (including phenoxy) is 1. The molecule has 2 aromatic rings. The quantitative estimate of drug-likeness (QED) is 0.764. The Kier molecular flexibility index (Phi) is 6.43. The summed E-state index contributed by atoms with van der Waals surface area (Å²) in [5.41, 5.74) is 1.19. The molecule has 0 saturated heterocycles. The summed E-state index contributed by atoms with van der Waals surface area (Å²) in [6.07, 6.45) is 0. The summed E-state index contributed by atoms with van der Waals surface area (Å²) in [6, 6.07) is 9.61. The number of quaternary nitrogens is 1. The summed E-state index contributed by atoms with van der Waals surface area (Å²) >= 11 is 11.8. The van der Waals surface area contributed by atoms with Gasteiger partial charge in [-0.3, -0.25) is 4.79 Å². The Bertz CT molecular complexity index is 741. The molecule has 1 amide bonds. The summed E-state index contributed by atoms with van der Waals surface area (Å²) in [4.78, 5) is 12.1. The van der Waals surface area contributed by atoms with Crippen molar-refractivity contribution in [1.29, 1.82) is 0 Å². The maximum absolute atomic E-state index is 13.6. The number of halogens is 3. The minimum absolute atomic E-state index is 0.0233. The van der Waals surface area contributed by atoms with E-state index in [0.29, 0.717) is 22.0 Å². The van der Waals surface area contributed by atoms with Crippen molar-refractivity contribution in [1.82, 2.24) is 0 Å². The number of nitrogens with one attached hydrogen (secondary N) is 1. The fourth-order valence-corrected chi connectivity index (χ4v) is 2.80. The molecule has 24 heavy (non-hydrogen) atoms. The molecule has 7 heteroatoms. The fraction of sp³-hybridized carbons (Fsp3) is 0.235. The maximum atomic E-state index is 13.6. The normalized spacial score (nSPS) is 11.9. The van der Waals surface area contributed by atoms with E-state index in [1.54, 1.807) is 23.5 Å². The molecule has 0 unspecified atom stereocenters. The van der Waals surface area contributed by atoms with Gasteiger partial charge in [-0.1, -0.05) is 35.3 Å². The van der Waals surface area contributed by atoms with Crippen molar-refractivity contribution in [2.75, 3.05) is 19.0 Å². The first-order chi connectivity index (χ1) is 11.4. The summed E-state index contributed by atoms with van der Waals surface area (Å²) in [7, 11) is 1.54. The largest absolute Gasteiger partial charge is 0.495 e. The molecule has 0 aliphatic heterocycles. The van der Waals surface area contributed by atoms with E-state index in [9.17, 15) is 9.18 Å². The van der Waals surface area contributed by atoms with Gasteiger partial charge in [0.25, 0.3) is 5.91 Å². The third-order valence-electron chi connectivity index (χ3n) is 3.57. The van der Waals surface area contributed by atoms with Crippen LogP contribution in [0.1, 0.15) is 18.5 Å². The topological polar surface area (TPSA) is 54.9 Å². The number of benzene rings is 2. The minimum Gasteiger partial charge on any atom is -0.495 e. The number of para-hydroxylation sites is 2.